The smallest absolute Gasteiger partial charge is 0.144 e. The number of rotatable bonds is 7. The summed E-state index contributed by atoms with van der Waals surface area (Å²) in [6.07, 6.45) is 0.270. The largest absolute Gasteiger partial charge is 0.299 e. The van der Waals surface area contributed by atoms with Gasteiger partial charge in [-0.3, -0.25) is 9.79 Å². The first-order valence-corrected chi connectivity index (χ1v) is 10.6. The number of aliphatic imine (C=N–C) groups is 1. The standard InChI is InChI=1S/C28H28N2O/c1-28(2,3)26(31)19-24(21-13-7-4-8-14-21)25(20-29)30-27(22-15-9-5-10-16-22)23-17-11-6-12-18-23/h4-18,24-25H,19H2,1-3H3/t24-,25+/m0/s1. The molecule has 3 nitrogen and oxygen atoms in total. The van der Waals surface area contributed by atoms with Crippen LogP contribution >= 0.6 is 0 Å². The van der Waals surface area contributed by atoms with Gasteiger partial charge in [0.25, 0.3) is 0 Å². The molecule has 0 aromatic heterocycles. The van der Waals surface area contributed by atoms with Gasteiger partial charge in [-0.1, -0.05) is 112 Å². The third kappa shape index (κ3) is 5.77. The van der Waals surface area contributed by atoms with Crippen LogP contribution in [0.1, 0.15) is 49.8 Å². The topological polar surface area (TPSA) is 53.2 Å². The van der Waals surface area contributed by atoms with Crippen LogP contribution in [0, 0.1) is 16.7 Å². The molecule has 0 aliphatic rings. The van der Waals surface area contributed by atoms with E-state index < -0.39 is 11.5 Å². The van der Waals surface area contributed by atoms with Crippen LogP contribution in [-0.2, 0) is 4.79 Å². The zero-order valence-electron chi connectivity index (χ0n) is 18.3. The Morgan fingerprint density at radius 1 is 0.839 bits per heavy atom. The minimum Gasteiger partial charge on any atom is -0.299 e. The predicted octanol–water partition coefficient (Wildman–Crippen LogP) is 6.21. The zero-order valence-corrected chi connectivity index (χ0v) is 18.3. The minimum absolute atomic E-state index is 0.123. The number of Topliss-reactive ketones (excluding diaryl/α,β-unsaturated/α-hetero) is 1. The van der Waals surface area contributed by atoms with Gasteiger partial charge >= 0.3 is 0 Å². The molecule has 3 aromatic carbocycles. The Bertz CT molecular complexity index is 1020. The van der Waals surface area contributed by atoms with Gasteiger partial charge in [-0.25, -0.2) is 0 Å². The van der Waals surface area contributed by atoms with Gasteiger partial charge in [-0.15, -0.1) is 0 Å². The first-order chi connectivity index (χ1) is 14.9. The average molecular weight is 409 g/mol. The number of carbonyl (C=O) groups is 1. The molecule has 2 atom stereocenters. The van der Waals surface area contributed by atoms with Crippen molar-refractivity contribution in [3.05, 3.63) is 108 Å². The van der Waals surface area contributed by atoms with E-state index in [1.807, 2.05) is 112 Å². The van der Waals surface area contributed by atoms with Gasteiger partial charge in [0.05, 0.1) is 11.8 Å². The molecule has 0 saturated heterocycles. The summed E-state index contributed by atoms with van der Waals surface area (Å²) in [4.78, 5) is 17.9. The number of hydrogen-bond donors (Lipinski definition) is 0. The Kier molecular flexibility index (Phi) is 7.15. The lowest BCUT2D eigenvalue weighted by Gasteiger charge is -2.24. The number of nitrogens with zero attached hydrogens (tertiary/aromatic N) is 2. The summed E-state index contributed by atoms with van der Waals surface area (Å²) >= 11 is 0. The monoisotopic (exact) mass is 408 g/mol. The molecule has 3 heteroatoms. The molecule has 0 radical (unpaired) electrons. The number of hydrogen-bond acceptors (Lipinski definition) is 3. The number of carbonyl (C=O) groups excluding carboxylic acids is 1. The van der Waals surface area contributed by atoms with E-state index in [0.717, 1.165) is 22.4 Å². The van der Waals surface area contributed by atoms with E-state index in [1.165, 1.54) is 0 Å². The molecule has 31 heavy (non-hydrogen) atoms. The summed E-state index contributed by atoms with van der Waals surface area (Å²) in [5.74, 6) is -0.196. The Hall–Kier alpha value is -3.51. The van der Waals surface area contributed by atoms with Gasteiger partial charge in [0.2, 0.25) is 0 Å². The molecular formula is C28H28N2O. The summed E-state index contributed by atoms with van der Waals surface area (Å²) in [5, 5.41) is 10.1. The molecule has 0 fully saturated rings. The van der Waals surface area contributed by atoms with Gasteiger partial charge in [-0.2, -0.15) is 5.26 Å². The van der Waals surface area contributed by atoms with Gasteiger partial charge < -0.3 is 0 Å². The fraction of sp³-hybridized carbons (Fsp3) is 0.250. The maximum absolute atomic E-state index is 12.9. The summed E-state index contributed by atoms with van der Waals surface area (Å²) in [6, 6.07) is 31.3. The van der Waals surface area contributed by atoms with Crippen LogP contribution in [0.25, 0.3) is 0 Å². The maximum atomic E-state index is 12.9. The molecule has 0 aliphatic heterocycles. The van der Waals surface area contributed by atoms with Crippen molar-refractivity contribution in [2.75, 3.05) is 0 Å². The van der Waals surface area contributed by atoms with E-state index in [1.54, 1.807) is 0 Å². The van der Waals surface area contributed by atoms with E-state index in [9.17, 15) is 10.1 Å². The molecule has 156 valence electrons. The first-order valence-electron chi connectivity index (χ1n) is 10.6. The van der Waals surface area contributed by atoms with E-state index >= 15 is 0 Å². The van der Waals surface area contributed by atoms with Crippen LogP contribution in [0.4, 0.5) is 0 Å². The molecule has 0 bridgehead atoms. The van der Waals surface area contributed by atoms with Crippen LogP contribution in [0.15, 0.2) is 96.0 Å². The molecular weight excluding hydrogens is 380 g/mol. The van der Waals surface area contributed by atoms with Crippen molar-refractivity contribution in [1.82, 2.24) is 0 Å². The van der Waals surface area contributed by atoms with Crippen LogP contribution in [-0.4, -0.2) is 17.5 Å². The van der Waals surface area contributed by atoms with Crippen molar-refractivity contribution < 1.29 is 4.79 Å². The van der Waals surface area contributed by atoms with Crippen molar-refractivity contribution in [3.8, 4) is 6.07 Å². The molecule has 0 spiro atoms. The van der Waals surface area contributed by atoms with Crippen molar-refractivity contribution in [1.29, 1.82) is 5.26 Å². The van der Waals surface area contributed by atoms with Gasteiger partial charge in [0.15, 0.2) is 0 Å². The Morgan fingerprint density at radius 2 is 1.29 bits per heavy atom. The van der Waals surface area contributed by atoms with E-state index in [4.69, 9.17) is 4.99 Å². The quantitative estimate of drug-likeness (QED) is 0.437. The molecule has 0 N–H and O–H groups in total. The zero-order chi connectivity index (χ0) is 22.3. The van der Waals surface area contributed by atoms with Crippen LogP contribution in [0.2, 0.25) is 0 Å². The summed E-state index contributed by atoms with van der Waals surface area (Å²) in [6.45, 7) is 5.75. The molecule has 0 unspecified atom stereocenters. The molecule has 0 heterocycles. The second kappa shape index (κ2) is 10.00. The highest BCUT2D eigenvalue weighted by molar-refractivity contribution is 6.13. The summed E-state index contributed by atoms with van der Waals surface area (Å²) < 4.78 is 0. The molecule has 3 aromatic rings. The second-order valence-electron chi connectivity index (χ2n) is 8.68. The van der Waals surface area contributed by atoms with E-state index in [2.05, 4.69) is 6.07 Å². The number of nitriles is 1. The highest BCUT2D eigenvalue weighted by Crippen LogP contribution is 2.31. The lowest BCUT2D eigenvalue weighted by molar-refractivity contribution is -0.126. The molecule has 3 rings (SSSR count). The predicted molar refractivity (Wildman–Crippen MR) is 126 cm³/mol. The summed E-state index contributed by atoms with van der Waals surface area (Å²) in [5.41, 5.74) is 3.14. The highest BCUT2D eigenvalue weighted by atomic mass is 16.1. The second-order valence-corrected chi connectivity index (χ2v) is 8.68. The Labute approximate surface area is 185 Å². The minimum atomic E-state index is -0.691. The third-order valence-electron chi connectivity index (χ3n) is 5.35. The van der Waals surface area contributed by atoms with Gasteiger partial charge in [0, 0.05) is 28.9 Å². The van der Waals surface area contributed by atoms with Crippen molar-refractivity contribution in [3.63, 3.8) is 0 Å². The van der Waals surface area contributed by atoms with E-state index in [0.29, 0.717) is 0 Å². The van der Waals surface area contributed by atoms with E-state index in [-0.39, 0.29) is 18.1 Å². The van der Waals surface area contributed by atoms with Gasteiger partial charge in [-0.05, 0) is 5.56 Å². The SMILES string of the molecule is CC(C)(C)C(=O)C[C@@H](c1ccccc1)[C@@H](C#N)N=C(c1ccccc1)c1ccccc1. The van der Waals surface area contributed by atoms with Crippen LogP contribution < -0.4 is 0 Å². The molecule has 0 amide bonds. The molecule has 0 saturated carbocycles. The normalized spacial score (nSPS) is 13.0. The lowest BCUT2D eigenvalue weighted by Crippen LogP contribution is -2.27. The highest BCUT2D eigenvalue weighted by Gasteiger charge is 2.31. The lowest BCUT2D eigenvalue weighted by atomic mass is 9.80. The Morgan fingerprint density at radius 3 is 1.71 bits per heavy atom. The summed E-state index contributed by atoms with van der Waals surface area (Å²) in [7, 11) is 0. The van der Waals surface area contributed by atoms with Crippen molar-refractivity contribution >= 4 is 11.5 Å². The maximum Gasteiger partial charge on any atom is 0.144 e. The fourth-order valence-electron chi connectivity index (χ4n) is 3.47. The number of ketones is 1. The van der Waals surface area contributed by atoms with Gasteiger partial charge in [0.1, 0.15) is 11.8 Å². The number of benzene rings is 3. The molecule has 0 aliphatic carbocycles. The van der Waals surface area contributed by atoms with Crippen LogP contribution in [0.5, 0.6) is 0 Å². The van der Waals surface area contributed by atoms with Crippen molar-refractivity contribution in [2.24, 2.45) is 10.4 Å². The first kappa shape index (κ1) is 22.2. The van der Waals surface area contributed by atoms with Crippen LogP contribution in [0.3, 0.4) is 0 Å². The Balaban J connectivity index is 2.10. The average Bonchev–Trinajstić information content (AvgIpc) is 2.79. The third-order valence-corrected chi connectivity index (χ3v) is 5.35. The van der Waals surface area contributed by atoms with Crippen molar-refractivity contribution in [2.45, 2.75) is 39.2 Å². The fourth-order valence-corrected chi connectivity index (χ4v) is 3.47.